The lowest BCUT2D eigenvalue weighted by Crippen LogP contribution is -2.26. The van der Waals surface area contributed by atoms with Gasteiger partial charge in [-0.25, -0.2) is 9.79 Å². The molecule has 0 fully saturated rings. The molecule has 0 saturated carbocycles. The largest absolute Gasteiger partial charge is 0.465 e. The standard InChI is InChI=1S/C11H12F3N5O2/c1-21-8(20)6-3-2-5(11(12,13)14)4-7(6)18-10(17)19-9(15)16/h2-4H,1H3,(H6,15,16,17,18,19). The SMILES string of the molecule is COC(=O)c1ccc(C(F)(F)F)cc1N=C(N)N=C(N)N. The molecule has 0 atom stereocenters. The highest BCUT2D eigenvalue weighted by Gasteiger charge is 2.31. The Labute approximate surface area is 117 Å². The second-order valence-corrected chi connectivity index (χ2v) is 3.73. The summed E-state index contributed by atoms with van der Waals surface area (Å²) in [4.78, 5) is 18.4. The Kier molecular flexibility index (Phi) is 4.74. The number of nitrogens with two attached hydrogens (primary N) is 3. The summed E-state index contributed by atoms with van der Waals surface area (Å²) in [5.74, 6) is -1.80. The van der Waals surface area contributed by atoms with Gasteiger partial charge in [-0.3, -0.25) is 0 Å². The molecule has 1 aromatic carbocycles. The third kappa shape index (κ3) is 4.37. The van der Waals surface area contributed by atoms with Crippen LogP contribution in [0, 0.1) is 0 Å². The number of nitrogens with zero attached hydrogens (tertiary/aromatic N) is 2. The average molecular weight is 303 g/mol. The maximum atomic E-state index is 12.7. The van der Waals surface area contributed by atoms with Gasteiger partial charge in [0.15, 0.2) is 5.96 Å². The molecule has 1 aromatic rings. The third-order valence-corrected chi connectivity index (χ3v) is 2.21. The molecule has 114 valence electrons. The minimum Gasteiger partial charge on any atom is -0.465 e. The molecule has 0 heterocycles. The molecule has 7 nitrogen and oxygen atoms in total. The van der Waals surface area contributed by atoms with Crippen LogP contribution >= 0.6 is 0 Å². The number of halogens is 3. The van der Waals surface area contributed by atoms with Crippen molar-refractivity contribution in [2.75, 3.05) is 7.11 Å². The van der Waals surface area contributed by atoms with Gasteiger partial charge in [0.05, 0.1) is 23.9 Å². The number of carbonyl (C=O) groups excluding carboxylic acids is 1. The predicted molar refractivity (Wildman–Crippen MR) is 69.9 cm³/mol. The maximum Gasteiger partial charge on any atom is 0.416 e. The number of hydrogen-bond donors (Lipinski definition) is 3. The van der Waals surface area contributed by atoms with E-state index in [9.17, 15) is 18.0 Å². The van der Waals surface area contributed by atoms with Gasteiger partial charge in [0.25, 0.3) is 0 Å². The fraction of sp³-hybridized carbons (Fsp3) is 0.182. The van der Waals surface area contributed by atoms with Gasteiger partial charge in [0.2, 0.25) is 5.96 Å². The normalized spacial score (nSPS) is 11.9. The lowest BCUT2D eigenvalue weighted by Gasteiger charge is -2.10. The van der Waals surface area contributed by atoms with Crippen LogP contribution in [0.1, 0.15) is 15.9 Å². The number of hydrogen-bond acceptors (Lipinski definition) is 3. The van der Waals surface area contributed by atoms with Crippen molar-refractivity contribution < 1.29 is 22.7 Å². The van der Waals surface area contributed by atoms with Crippen LogP contribution in [0.3, 0.4) is 0 Å². The van der Waals surface area contributed by atoms with Crippen molar-refractivity contribution in [1.29, 1.82) is 0 Å². The molecule has 0 unspecified atom stereocenters. The lowest BCUT2D eigenvalue weighted by molar-refractivity contribution is -0.137. The first-order chi connectivity index (χ1) is 9.65. The summed E-state index contributed by atoms with van der Waals surface area (Å²) in [5, 5.41) is 0. The van der Waals surface area contributed by atoms with Gasteiger partial charge in [-0.2, -0.15) is 18.2 Å². The van der Waals surface area contributed by atoms with E-state index >= 15 is 0 Å². The second kappa shape index (κ2) is 6.11. The highest BCUT2D eigenvalue weighted by atomic mass is 19.4. The Bertz CT molecular complexity index is 606. The number of guanidine groups is 2. The minimum absolute atomic E-state index is 0.209. The van der Waals surface area contributed by atoms with Crippen molar-refractivity contribution in [3.63, 3.8) is 0 Å². The first kappa shape index (κ1) is 16.3. The van der Waals surface area contributed by atoms with Gasteiger partial charge in [0.1, 0.15) is 0 Å². The fourth-order valence-electron chi connectivity index (χ4n) is 1.36. The smallest absolute Gasteiger partial charge is 0.416 e. The van der Waals surface area contributed by atoms with Crippen molar-refractivity contribution in [2.24, 2.45) is 27.2 Å². The van der Waals surface area contributed by atoms with E-state index < -0.39 is 29.6 Å². The first-order valence-corrected chi connectivity index (χ1v) is 5.38. The number of aliphatic imine (C=N–C) groups is 2. The molecule has 0 amide bonds. The van der Waals surface area contributed by atoms with Crippen molar-refractivity contribution in [3.05, 3.63) is 29.3 Å². The van der Waals surface area contributed by atoms with Crippen LogP contribution in [-0.4, -0.2) is 25.0 Å². The molecule has 0 aromatic heterocycles. The van der Waals surface area contributed by atoms with E-state index in [2.05, 4.69) is 14.7 Å². The van der Waals surface area contributed by atoms with Crippen molar-refractivity contribution >= 4 is 23.6 Å². The van der Waals surface area contributed by atoms with E-state index in [0.717, 1.165) is 19.2 Å². The van der Waals surface area contributed by atoms with Crippen LogP contribution in [0.2, 0.25) is 0 Å². The van der Waals surface area contributed by atoms with Gasteiger partial charge in [-0.05, 0) is 18.2 Å². The number of carbonyl (C=O) groups is 1. The quantitative estimate of drug-likeness (QED) is 0.421. The Morgan fingerprint density at radius 1 is 1.24 bits per heavy atom. The van der Waals surface area contributed by atoms with Crippen LogP contribution in [0.5, 0.6) is 0 Å². The van der Waals surface area contributed by atoms with Crippen LogP contribution in [0.4, 0.5) is 18.9 Å². The van der Waals surface area contributed by atoms with Crippen LogP contribution in [0.25, 0.3) is 0 Å². The van der Waals surface area contributed by atoms with Gasteiger partial charge in [-0.15, -0.1) is 0 Å². The number of rotatable bonds is 2. The third-order valence-electron chi connectivity index (χ3n) is 2.21. The van der Waals surface area contributed by atoms with Crippen LogP contribution in [0.15, 0.2) is 28.2 Å². The van der Waals surface area contributed by atoms with E-state index in [4.69, 9.17) is 17.2 Å². The molecule has 0 saturated heterocycles. The monoisotopic (exact) mass is 303 g/mol. The van der Waals surface area contributed by atoms with Crippen LogP contribution in [-0.2, 0) is 10.9 Å². The number of alkyl halides is 3. The van der Waals surface area contributed by atoms with Gasteiger partial charge in [0, 0.05) is 0 Å². The van der Waals surface area contributed by atoms with E-state index in [1.807, 2.05) is 0 Å². The predicted octanol–water partition coefficient (Wildman–Crippen LogP) is 0.712. The summed E-state index contributed by atoms with van der Waals surface area (Å²) in [7, 11) is 1.08. The molecule has 10 heteroatoms. The molecule has 1 rings (SSSR count). The number of methoxy groups -OCH3 is 1. The minimum atomic E-state index is -4.61. The summed E-state index contributed by atoms with van der Waals surface area (Å²) >= 11 is 0. The molecular formula is C11H12F3N5O2. The summed E-state index contributed by atoms with van der Waals surface area (Å²) < 4.78 is 42.4. The highest BCUT2D eigenvalue weighted by molar-refractivity contribution is 5.98. The molecule has 0 radical (unpaired) electrons. The van der Waals surface area contributed by atoms with Crippen molar-refractivity contribution in [2.45, 2.75) is 6.18 Å². The topological polar surface area (TPSA) is 129 Å². The number of ether oxygens (including phenoxy) is 1. The molecule has 0 bridgehead atoms. The van der Waals surface area contributed by atoms with Crippen molar-refractivity contribution in [3.8, 4) is 0 Å². The van der Waals surface area contributed by atoms with Crippen molar-refractivity contribution in [1.82, 2.24) is 0 Å². The summed E-state index contributed by atoms with van der Waals surface area (Å²) in [6, 6.07) is 2.29. The fourth-order valence-corrected chi connectivity index (χ4v) is 1.36. The maximum absolute atomic E-state index is 12.7. The highest BCUT2D eigenvalue weighted by Crippen LogP contribution is 2.33. The lowest BCUT2D eigenvalue weighted by atomic mass is 10.1. The summed E-state index contributed by atoms with van der Waals surface area (Å²) in [6.45, 7) is 0. The van der Waals surface area contributed by atoms with E-state index in [0.29, 0.717) is 6.07 Å². The molecular weight excluding hydrogens is 291 g/mol. The summed E-state index contributed by atoms with van der Waals surface area (Å²) in [6.07, 6.45) is -4.61. The van der Waals surface area contributed by atoms with E-state index in [-0.39, 0.29) is 11.3 Å². The molecule has 0 aliphatic rings. The molecule has 0 spiro atoms. The number of benzene rings is 1. The van der Waals surface area contributed by atoms with Gasteiger partial charge >= 0.3 is 12.1 Å². The number of esters is 1. The Morgan fingerprint density at radius 3 is 2.33 bits per heavy atom. The second-order valence-electron chi connectivity index (χ2n) is 3.73. The Morgan fingerprint density at radius 2 is 1.86 bits per heavy atom. The molecule has 0 aliphatic heterocycles. The Hall–Kier alpha value is -2.78. The first-order valence-electron chi connectivity index (χ1n) is 5.38. The van der Waals surface area contributed by atoms with E-state index in [1.54, 1.807) is 0 Å². The molecule has 6 N–H and O–H groups in total. The zero-order valence-electron chi connectivity index (χ0n) is 10.8. The Balaban J connectivity index is 3.43. The summed E-state index contributed by atoms with van der Waals surface area (Å²) in [5.41, 5.74) is 13.9. The van der Waals surface area contributed by atoms with Gasteiger partial charge < -0.3 is 21.9 Å². The average Bonchev–Trinajstić information content (AvgIpc) is 2.35. The molecule has 21 heavy (non-hydrogen) atoms. The zero-order chi connectivity index (χ0) is 16.2. The van der Waals surface area contributed by atoms with Gasteiger partial charge in [-0.1, -0.05) is 0 Å². The van der Waals surface area contributed by atoms with Crippen LogP contribution < -0.4 is 17.2 Å². The zero-order valence-corrected chi connectivity index (χ0v) is 10.8. The molecule has 0 aliphatic carbocycles. The van der Waals surface area contributed by atoms with E-state index in [1.165, 1.54) is 0 Å².